The minimum absolute atomic E-state index is 0.689. The van der Waals surface area contributed by atoms with Crippen LogP contribution in [0.3, 0.4) is 0 Å². The molecule has 9 rings (SSSR count). The van der Waals surface area contributed by atoms with Crippen LogP contribution in [0.5, 0.6) is 0 Å². The summed E-state index contributed by atoms with van der Waals surface area (Å²) in [5.41, 5.74) is 11.7. The van der Waals surface area contributed by atoms with Crippen molar-refractivity contribution >= 4 is 21.5 Å². The summed E-state index contributed by atoms with van der Waals surface area (Å²) in [5, 5.41) is 4.79. The molecule has 0 saturated heterocycles. The monoisotopic (exact) mass is 637 g/mol. The van der Waals surface area contributed by atoms with Crippen molar-refractivity contribution < 1.29 is 0 Å². The van der Waals surface area contributed by atoms with Crippen molar-refractivity contribution in [1.82, 2.24) is 15.0 Å². The van der Waals surface area contributed by atoms with Crippen LogP contribution < -0.4 is 0 Å². The molecular formula is C47H31N3. The number of aromatic nitrogens is 3. The Labute approximate surface area is 291 Å². The highest BCUT2D eigenvalue weighted by atomic mass is 14.9. The molecule has 7 aromatic carbocycles. The normalized spacial score (nSPS) is 11.2. The molecule has 0 aliphatic carbocycles. The van der Waals surface area contributed by atoms with E-state index in [1.165, 1.54) is 27.3 Å². The second-order valence-electron chi connectivity index (χ2n) is 12.5. The Balaban J connectivity index is 1.14. The Morgan fingerprint density at radius 1 is 0.300 bits per heavy atom. The van der Waals surface area contributed by atoms with Crippen LogP contribution in [0.1, 0.15) is 0 Å². The maximum atomic E-state index is 5.17. The van der Waals surface area contributed by atoms with Crippen LogP contribution in [0.4, 0.5) is 0 Å². The van der Waals surface area contributed by atoms with E-state index in [1.54, 1.807) is 0 Å². The van der Waals surface area contributed by atoms with Crippen LogP contribution in [-0.4, -0.2) is 15.0 Å². The fourth-order valence-electron chi connectivity index (χ4n) is 6.80. The summed E-state index contributed by atoms with van der Waals surface area (Å²) >= 11 is 0. The number of nitrogens with zero attached hydrogens (tertiary/aromatic N) is 3. The number of fused-ring (bicyclic) bond motifs is 2. The van der Waals surface area contributed by atoms with Gasteiger partial charge in [0.1, 0.15) is 0 Å². The molecule has 0 fully saturated rings. The third-order valence-corrected chi connectivity index (χ3v) is 9.40. The molecule has 0 unspecified atom stereocenters. The summed E-state index contributed by atoms with van der Waals surface area (Å²) in [4.78, 5) is 14.8. The standard InChI is InChI=1S/C47H31N3/c1-2-10-32(11-3-1)38-15-8-16-39(28-38)46-29-45(36-24-20-35(21-25-36)44-31-48-30-40-13-5-7-18-43(40)44)49-47(50-46)37-26-22-34(23-27-37)42-19-9-14-33-12-4-6-17-41(33)42/h1-31H. The molecule has 0 aliphatic heterocycles. The van der Waals surface area contributed by atoms with E-state index in [2.05, 4.69) is 169 Å². The van der Waals surface area contributed by atoms with Crippen molar-refractivity contribution in [2.24, 2.45) is 0 Å². The van der Waals surface area contributed by atoms with E-state index in [-0.39, 0.29) is 0 Å². The zero-order valence-electron chi connectivity index (χ0n) is 27.2. The molecule has 0 radical (unpaired) electrons. The predicted molar refractivity (Wildman–Crippen MR) is 207 cm³/mol. The van der Waals surface area contributed by atoms with E-state index >= 15 is 0 Å². The first-order valence-corrected chi connectivity index (χ1v) is 16.8. The molecule has 2 aromatic heterocycles. The summed E-state index contributed by atoms with van der Waals surface area (Å²) in [6.45, 7) is 0. The first-order valence-electron chi connectivity index (χ1n) is 16.8. The van der Waals surface area contributed by atoms with E-state index in [1.807, 2.05) is 24.5 Å². The first-order chi connectivity index (χ1) is 24.8. The van der Waals surface area contributed by atoms with Crippen LogP contribution in [0, 0.1) is 0 Å². The molecule has 0 spiro atoms. The lowest BCUT2D eigenvalue weighted by molar-refractivity contribution is 1.18. The van der Waals surface area contributed by atoms with E-state index in [4.69, 9.17) is 9.97 Å². The minimum atomic E-state index is 0.689. The van der Waals surface area contributed by atoms with Gasteiger partial charge in [0.05, 0.1) is 11.4 Å². The maximum absolute atomic E-state index is 5.17. The Hall–Kier alpha value is -6.71. The first kappa shape index (κ1) is 29.4. The van der Waals surface area contributed by atoms with Gasteiger partial charge >= 0.3 is 0 Å². The van der Waals surface area contributed by atoms with Gasteiger partial charge in [-0.25, -0.2) is 9.97 Å². The van der Waals surface area contributed by atoms with Crippen molar-refractivity contribution in [2.75, 3.05) is 0 Å². The summed E-state index contributed by atoms with van der Waals surface area (Å²) in [6.07, 6.45) is 3.86. The summed E-state index contributed by atoms with van der Waals surface area (Å²) in [5.74, 6) is 0.689. The number of hydrogen-bond donors (Lipinski definition) is 0. The van der Waals surface area contributed by atoms with Crippen LogP contribution in [0.25, 0.3) is 88.8 Å². The van der Waals surface area contributed by atoms with Crippen LogP contribution in [-0.2, 0) is 0 Å². The van der Waals surface area contributed by atoms with Gasteiger partial charge in [-0.05, 0) is 56.1 Å². The number of pyridine rings is 1. The molecule has 0 aliphatic rings. The smallest absolute Gasteiger partial charge is 0.160 e. The van der Waals surface area contributed by atoms with Crippen LogP contribution >= 0.6 is 0 Å². The van der Waals surface area contributed by atoms with E-state index in [0.29, 0.717) is 5.82 Å². The highest BCUT2D eigenvalue weighted by molar-refractivity contribution is 5.97. The molecule has 2 heterocycles. The molecule has 3 heteroatoms. The van der Waals surface area contributed by atoms with Crippen molar-refractivity contribution in [3.8, 4) is 67.3 Å². The zero-order valence-corrected chi connectivity index (χ0v) is 27.2. The van der Waals surface area contributed by atoms with Gasteiger partial charge in [-0.3, -0.25) is 4.98 Å². The summed E-state index contributed by atoms with van der Waals surface area (Å²) in [7, 11) is 0. The van der Waals surface area contributed by atoms with Gasteiger partial charge in [0.25, 0.3) is 0 Å². The third kappa shape index (κ3) is 5.61. The fourth-order valence-corrected chi connectivity index (χ4v) is 6.80. The number of benzene rings is 7. The second kappa shape index (κ2) is 12.7. The molecule has 0 saturated carbocycles. The van der Waals surface area contributed by atoms with Gasteiger partial charge in [0.2, 0.25) is 0 Å². The van der Waals surface area contributed by atoms with Crippen molar-refractivity contribution in [2.45, 2.75) is 0 Å². The lowest BCUT2D eigenvalue weighted by Gasteiger charge is -2.12. The number of hydrogen-bond acceptors (Lipinski definition) is 3. The Morgan fingerprint density at radius 2 is 0.840 bits per heavy atom. The molecule has 3 nitrogen and oxygen atoms in total. The Morgan fingerprint density at radius 3 is 1.62 bits per heavy atom. The number of rotatable bonds is 6. The van der Waals surface area contributed by atoms with Gasteiger partial charge in [-0.15, -0.1) is 0 Å². The highest BCUT2D eigenvalue weighted by Gasteiger charge is 2.13. The van der Waals surface area contributed by atoms with Crippen LogP contribution in [0.2, 0.25) is 0 Å². The average Bonchev–Trinajstić information content (AvgIpc) is 3.21. The van der Waals surface area contributed by atoms with Gasteiger partial charge < -0.3 is 0 Å². The van der Waals surface area contributed by atoms with E-state index in [9.17, 15) is 0 Å². The molecule has 0 bridgehead atoms. The minimum Gasteiger partial charge on any atom is -0.263 e. The predicted octanol–water partition coefficient (Wildman–Crippen LogP) is 12.2. The average molecular weight is 638 g/mol. The molecule has 0 amide bonds. The SMILES string of the molecule is c1ccc(-c2cccc(-c3cc(-c4ccc(-c5cncc6ccccc56)cc4)nc(-c4ccc(-c5cccc6ccccc56)cc4)n3)c2)cc1. The lowest BCUT2D eigenvalue weighted by Crippen LogP contribution is -1.96. The largest absolute Gasteiger partial charge is 0.263 e. The molecule has 9 aromatic rings. The van der Waals surface area contributed by atoms with Crippen molar-refractivity contribution in [3.63, 3.8) is 0 Å². The third-order valence-electron chi connectivity index (χ3n) is 9.40. The second-order valence-corrected chi connectivity index (χ2v) is 12.5. The van der Waals surface area contributed by atoms with Gasteiger partial charge in [0.15, 0.2) is 5.82 Å². The van der Waals surface area contributed by atoms with Gasteiger partial charge in [0, 0.05) is 40.0 Å². The molecule has 0 N–H and O–H groups in total. The van der Waals surface area contributed by atoms with Crippen LogP contribution in [0.15, 0.2) is 188 Å². The van der Waals surface area contributed by atoms with Gasteiger partial charge in [-0.2, -0.15) is 0 Å². The molecular weight excluding hydrogens is 607 g/mol. The quantitative estimate of drug-likeness (QED) is 0.182. The Kier molecular flexibility index (Phi) is 7.49. The van der Waals surface area contributed by atoms with Crippen molar-refractivity contribution in [3.05, 3.63) is 188 Å². The lowest BCUT2D eigenvalue weighted by atomic mass is 9.97. The summed E-state index contributed by atoms with van der Waals surface area (Å²) < 4.78 is 0. The topological polar surface area (TPSA) is 38.7 Å². The zero-order chi connectivity index (χ0) is 33.3. The Bertz CT molecular complexity index is 2470. The van der Waals surface area contributed by atoms with Gasteiger partial charge in [-0.1, -0.05) is 164 Å². The van der Waals surface area contributed by atoms with E-state index < -0.39 is 0 Å². The summed E-state index contributed by atoms with van der Waals surface area (Å²) in [6, 6.07) is 61.8. The molecule has 234 valence electrons. The fraction of sp³-hybridized carbons (Fsp3) is 0. The molecule has 0 atom stereocenters. The van der Waals surface area contributed by atoms with E-state index in [0.717, 1.165) is 55.7 Å². The molecule has 50 heavy (non-hydrogen) atoms. The van der Waals surface area contributed by atoms with Crippen molar-refractivity contribution in [1.29, 1.82) is 0 Å². The maximum Gasteiger partial charge on any atom is 0.160 e. The highest BCUT2D eigenvalue weighted by Crippen LogP contribution is 2.34.